The monoisotopic (exact) mass is 462 g/mol. The largest absolute Gasteiger partial charge is 0.543 e. The number of hydrogen-bond donors (Lipinski definition) is 0. The molecule has 0 unspecified atom stereocenters. The number of benzene rings is 4. The lowest BCUT2D eigenvalue weighted by Crippen LogP contribution is -2.43. The maximum absolute atomic E-state index is 6.92. The molecule has 3 heteroatoms. The number of fused-ring (bicyclic) bond motifs is 8. The zero-order valence-electron chi connectivity index (χ0n) is 20.5. The van der Waals surface area contributed by atoms with Gasteiger partial charge in [0, 0.05) is 16.7 Å². The van der Waals surface area contributed by atoms with Crippen LogP contribution in [0, 0.1) is 0 Å². The molecule has 170 valence electrons. The Hall–Kier alpha value is -3.30. The summed E-state index contributed by atoms with van der Waals surface area (Å²) in [5, 5.41) is 2.59. The zero-order chi connectivity index (χ0) is 23.7. The molecular formula is C31H30O2Si. The molecule has 34 heavy (non-hydrogen) atoms. The molecule has 1 aliphatic heterocycles. The van der Waals surface area contributed by atoms with E-state index >= 15 is 0 Å². The van der Waals surface area contributed by atoms with E-state index < -0.39 is 13.9 Å². The summed E-state index contributed by atoms with van der Waals surface area (Å²) in [5.74, 6) is 1.87. The van der Waals surface area contributed by atoms with E-state index in [1.807, 2.05) is 0 Å². The SMILES string of the molecule is CC(C)(C)[Si](C)(C)Oc1ccc2c(c1)-c1ccccc1[C@]21C=Cc2c(ccc3ccccc23)O1. The van der Waals surface area contributed by atoms with Gasteiger partial charge in [-0.2, -0.15) is 0 Å². The van der Waals surface area contributed by atoms with Gasteiger partial charge in [-0.05, 0) is 70.4 Å². The lowest BCUT2D eigenvalue weighted by Gasteiger charge is -2.37. The third-order valence-corrected chi connectivity index (χ3v) is 12.2. The van der Waals surface area contributed by atoms with Crippen molar-refractivity contribution in [2.45, 2.75) is 44.5 Å². The molecule has 0 N–H and O–H groups in total. The van der Waals surface area contributed by atoms with E-state index in [4.69, 9.17) is 9.16 Å². The number of rotatable bonds is 2. The van der Waals surface area contributed by atoms with Gasteiger partial charge in [0.05, 0.1) is 0 Å². The molecule has 0 amide bonds. The Morgan fingerprint density at radius 2 is 1.53 bits per heavy atom. The molecule has 0 fully saturated rings. The second-order valence-corrected chi connectivity index (χ2v) is 15.7. The summed E-state index contributed by atoms with van der Waals surface area (Å²) in [6.45, 7) is 11.4. The highest BCUT2D eigenvalue weighted by atomic mass is 28.4. The van der Waals surface area contributed by atoms with E-state index in [9.17, 15) is 0 Å². The molecule has 0 saturated carbocycles. The molecule has 2 aliphatic rings. The van der Waals surface area contributed by atoms with Gasteiger partial charge in [-0.25, -0.2) is 0 Å². The van der Waals surface area contributed by atoms with E-state index in [1.54, 1.807) is 0 Å². The quantitative estimate of drug-likeness (QED) is 0.278. The standard InChI is InChI=1S/C31H30O2Si/c1-30(2,3)34(4,5)33-22-15-16-28-26(20-22)24-12-8-9-13-27(24)31(28)19-18-25-23-11-7-6-10-21(23)14-17-29(25)32-31/h6-20H,1-5H3/t31-/m1/s1. The second kappa shape index (κ2) is 7.10. The maximum Gasteiger partial charge on any atom is 0.250 e. The van der Waals surface area contributed by atoms with Crippen molar-refractivity contribution in [3.63, 3.8) is 0 Å². The van der Waals surface area contributed by atoms with E-state index in [0.717, 1.165) is 17.1 Å². The first-order valence-corrected chi connectivity index (χ1v) is 14.9. The summed E-state index contributed by atoms with van der Waals surface area (Å²) >= 11 is 0. The van der Waals surface area contributed by atoms with Gasteiger partial charge in [-0.15, -0.1) is 0 Å². The van der Waals surface area contributed by atoms with Crippen molar-refractivity contribution in [1.82, 2.24) is 0 Å². The highest BCUT2D eigenvalue weighted by Gasteiger charge is 2.46. The van der Waals surface area contributed by atoms with Gasteiger partial charge in [0.2, 0.25) is 8.32 Å². The van der Waals surface area contributed by atoms with Crippen LogP contribution in [0.25, 0.3) is 28.0 Å². The van der Waals surface area contributed by atoms with Crippen molar-refractivity contribution in [3.8, 4) is 22.6 Å². The predicted octanol–water partition coefficient (Wildman–Crippen LogP) is 8.55. The Kier molecular flexibility index (Phi) is 4.44. The molecule has 4 aromatic rings. The highest BCUT2D eigenvalue weighted by molar-refractivity contribution is 6.74. The molecule has 0 bridgehead atoms. The predicted molar refractivity (Wildman–Crippen MR) is 144 cm³/mol. The van der Waals surface area contributed by atoms with Crippen LogP contribution < -0.4 is 9.16 Å². The van der Waals surface area contributed by atoms with Crippen molar-refractivity contribution >= 4 is 25.2 Å². The third-order valence-electron chi connectivity index (χ3n) is 7.87. The minimum Gasteiger partial charge on any atom is -0.543 e. The summed E-state index contributed by atoms with van der Waals surface area (Å²) < 4.78 is 13.6. The Morgan fingerprint density at radius 1 is 0.794 bits per heavy atom. The first-order valence-electron chi connectivity index (χ1n) is 12.0. The van der Waals surface area contributed by atoms with E-state index in [1.165, 1.54) is 33.0 Å². The summed E-state index contributed by atoms with van der Waals surface area (Å²) in [6.07, 6.45) is 4.48. The van der Waals surface area contributed by atoms with Gasteiger partial charge in [-0.3, -0.25) is 0 Å². The molecule has 1 aliphatic carbocycles. The average Bonchev–Trinajstić information content (AvgIpc) is 3.07. The molecule has 1 heterocycles. The number of ether oxygens (including phenoxy) is 1. The first kappa shape index (κ1) is 21.2. The number of hydrogen-bond acceptors (Lipinski definition) is 2. The summed E-state index contributed by atoms with van der Waals surface area (Å²) in [5.41, 5.74) is 5.29. The van der Waals surface area contributed by atoms with E-state index in [2.05, 4.69) is 125 Å². The Bertz CT molecular complexity index is 1470. The Balaban J connectivity index is 1.49. The van der Waals surface area contributed by atoms with Crippen molar-refractivity contribution in [3.05, 3.63) is 102 Å². The fourth-order valence-corrected chi connectivity index (χ4v) is 6.02. The van der Waals surface area contributed by atoms with Crippen LogP contribution in [0.3, 0.4) is 0 Å². The van der Waals surface area contributed by atoms with E-state index in [-0.39, 0.29) is 5.04 Å². The topological polar surface area (TPSA) is 18.5 Å². The van der Waals surface area contributed by atoms with Crippen LogP contribution in [0.4, 0.5) is 0 Å². The molecule has 1 atom stereocenters. The van der Waals surface area contributed by atoms with E-state index in [0.29, 0.717) is 0 Å². The fraction of sp³-hybridized carbons (Fsp3) is 0.226. The Morgan fingerprint density at radius 3 is 2.35 bits per heavy atom. The van der Waals surface area contributed by atoms with Gasteiger partial charge < -0.3 is 9.16 Å². The van der Waals surface area contributed by atoms with Crippen LogP contribution in [-0.2, 0) is 5.60 Å². The summed E-state index contributed by atoms with van der Waals surface area (Å²) in [6, 6.07) is 27.9. The van der Waals surface area contributed by atoms with Crippen molar-refractivity contribution < 1.29 is 9.16 Å². The van der Waals surface area contributed by atoms with Crippen LogP contribution in [0.2, 0.25) is 18.1 Å². The molecule has 4 aromatic carbocycles. The molecule has 6 rings (SSSR count). The van der Waals surface area contributed by atoms with Crippen LogP contribution in [-0.4, -0.2) is 8.32 Å². The highest BCUT2D eigenvalue weighted by Crippen LogP contribution is 2.54. The first-order chi connectivity index (χ1) is 16.2. The Labute approximate surface area is 203 Å². The zero-order valence-corrected chi connectivity index (χ0v) is 21.5. The fourth-order valence-electron chi connectivity index (χ4n) is 5.00. The lowest BCUT2D eigenvalue weighted by atomic mass is 9.87. The average molecular weight is 463 g/mol. The van der Waals surface area contributed by atoms with Crippen LogP contribution in [0.5, 0.6) is 11.5 Å². The lowest BCUT2D eigenvalue weighted by molar-refractivity contribution is 0.166. The molecule has 2 nitrogen and oxygen atoms in total. The summed E-state index contributed by atoms with van der Waals surface area (Å²) in [4.78, 5) is 0. The minimum atomic E-state index is -1.94. The third kappa shape index (κ3) is 3.00. The molecule has 0 radical (unpaired) electrons. The van der Waals surface area contributed by atoms with Gasteiger partial charge in [0.1, 0.15) is 11.5 Å². The van der Waals surface area contributed by atoms with Crippen LogP contribution in [0.15, 0.2) is 84.9 Å². The van der Waals surface area contributed by atoms with Gasteiger partial charge in [0.15, 0.2) is 5.60 Å². The van der Waals surface area contributed by atoms with Crippen LogP contribution in [0.1, 0.15) is 37.5 Å². The molecule has 0 aromatic heterocycles. The minimum absolute atomic E-state index is 0.146. The second-order valence-electron chi connectivity index (χ2n) is 11.0. The summed E-state index contributed by atoms with van der Waals surface area (Å²) in [7, 11) is -1.94. The normalized spacial score (nSPS) is 18.4. The van der Waals surface area contributed by atoms with Crippen LogP contribution >= 0.6 is 0 Å². The molecule has 1 spiro atoms. The van der Waals surface area contributed by atoms with Gasteiger partial charge in [0.25, 0.3) is 0 Å². The van der Waals surface area contributed by atoms with Gasteiger partial charge in [-0.1, -0.05) is 81.4 Å². The van der Waals surface area contributed by atoms with Crippen molar-refractivity contribution in [1.29, 1.82) is 0 Å². The van der Waals surface area contributed by atoms with Gasteiger partial charge >= 0.3 is 0 Å². The molecule has 0 saturated heterocycles. The van der Waals surface area contributed by atoms with Crippen molar-refractivity contribution in [2.75, 3.05) is 0 Å². The van der Waals surface area contributed by atoms with Crippen molar-refractivity contribution in [2.24, 2.45) is 0 Å². The maximum atomic E-state index is 6.92. The molecular weight excluding hydrogens is 432 g/mol. The smallest absolute Gasteiger partial charge is 0.250 e.